The number of ether oxygens (including phenoxy) is 1. The zero-order chi connectivity index (χ0) is 21.1. The van der Waals surface area contributed by atoms with Crippen LogP contribution < -0.4 is 0 Å². The first-order chi connectivity index (χ1) is 13.9. The van der Waals surface area contributed by atoms with Gasteiger partial charge in [0.05, 0.1) is 12.2 Å². The number of aromatic amines is 1. The van der Waals surface area contributed by atoms with Crippen molar-refractivity contribution in [1.82, 2.24) is 9.88 Å². The van der Waals surface area contributed by atoms with Crippen LogP contribution in [-0.4, -0.2) is 46.7 Å². The zero-order valence-corrected chi connectivity index (χ0v) is 16.9. The second kappa shape index (κ2) is 8.59. The number of piperidine rings is 1. The number of hydrogen-bond donors (Lipinski definition) is 1. The Labute approximate surface area is 169 Å². The molecule has 1 aliphatic heterocycles. The van der Waals surface area contributed by atoms with Gasteiger partial charge in [0.2, 0.25) is 0 Å². The Balaban J connectivity index is 2.12. The predicted octanol–water partition coefficient (Wildman–Crippen LogP) is 3.89. The second-order valence-corrected chi connectivity index (χ2v) is 7.25. The minimum Gasteiger partial charge on any atom is -0.462 e. The van der Waals surface area contributed by atoms with Gasteiger partial charge in [-0.3, -0.25) is 9.59 Å². The number of benzene rings is 1. The van der Waals surface area contributed by atoms with E-state index in [0.717, 1.165) is 19.3 Å². The molecule has 1 aromatic carbocycles. The molecule has 7 heteroatoms. The lowest BCUT2D eigenvalue weighted by Crippen LogP contribution is -2.45. The smallest absolute Gasteiger partial charge is 0.340 e. The Morgan fingerprint density at radius 2 is 1.97 bits per heavy atom. The Morgan fingerprint density at radius 1 is 1.24 bits per heavy atom. The van der Waals surface area contributed by atoms with Crippen molar-refractivity contribution in [1.29, 1.82) is 0 Å². The van der Waals surface area contributed by atoms with E-state index in [-0.39, 0.29) is 35.0 Å². The number of amides is 1. The Kier molecular flexibility index (Phi) is 6.15. The first-order valence-electron chi connectivity index (χ1n) is 9.86. The number of halogens is 1. The number of carbonyl (C=O) groups is 3. The molecular weight excluding hydrogens is 375 g/mol. The van der Waals surface area contributed by atoms with Crippen LogP contribution in [0.5, 0.6) is 0 Å². The highest BCUT2D eigenvalue weighted by Crippen LogP contribution is 2.33. The van der Waals surface area contributed by atoms with Crippen molar-refractivity contribution < 1.29 is 23.5 Å². The summed E-state index contributed by atoms with van der Waals surface area (Å²) in [7, 11) is 0. The van der Waals surface area contributed by atoms with Crippen molar-refractivity contribution in [2.45, 2.75) is 46.1 Å². The van der Waals surface area contributed by atoms with Crippen molar-refractivity contribution in [2.75, 3.05) is 13.2 Å². The molecule has 154 valence electrons. The van der Waals surface area contributed by atoms with Crippen molar-refractivity contribution in [3.05, 3.63) is 47.0 Å². The summed E-state index contributed by atoms with van der Waals surface area (Å²) in [6.45, 7) is 5.81. The highest BCUT2D eigenvalue weighted by Gasteiger charge is 2.34. The largest absolute Gasteiger partial charge is 0.462 e. The van der Waals surface area contributed by atoms with Crippen LogP contribution in [0.4, 0.5) is 4.39 Å². The molecule has 2 heterocycles. The lowest BCUT2D eigenvalue weighted by Gasteiger charge is -2.32. The highest BCUT2D eigenvalue weighted by molar-refractivity contribution is 6.43. The third-order valence-corrected chi connectivity index (χ3v) is 5.30. The number of aryl methyl sites for hydroxylation is 1. The normalized spacial score (nSPS) is 16.6. The first kappa shape index (κ1) is 20.8. The lowest BCUT2D eigenvalue weighted by molar-refractivity contribution is -0.129. The standard InChI is InChI=1S/C22H25FN2O4/c1-4-29-22(28)17-14(3)24-19(18(17)15-10-5-6-11-16(15)23)20(26)21(27)25-12-8-7-9-13(25)2/h5-6,10-11,13,24H,4,7-9,12H2,1-3H3/t13-/m1/s1. The number of nitrogens with one attached hydrogen (secondary N) is 1. The van der Waals surface area contributed by atoms with Crippen LogP contribution in [0.25, 0.3) is 11.1 Å². The number of aromatic nitrogens is 1. The molecule has 1 aliphatic rings. The number of ketones is 1. The van der Waals surface area contributed by atoms with Crippen molar-refractivity contribution in [3.63, 3.8) is 0 Å². The minimum absolute atomic E-state index is 0.0438. The summed E-state index contributed by atoms with van der Waals surface area (Å²) in [6, 6.07) is 5.81. The van der Waals surface area contributed by atoms with E-state index in [1.54, 1.807) is 24.8 Å². The van der Waals surface area contributed by atoms with E-state index in [1.165, 1.54) is 18.2 Å². The van der Waals surface area contributed by atoms with Gasteiger partial charge in [-0.1, -0.05) is 18.2 Å². The molecule has 1 saturated heterocycles. The van der Waals surface area contributed by atoms with Gasteiger partial charge in [-0.05, 0) is 46.1 Å². The third kappa shape index (κ3) is 3.95. The molecule has 0 radical (unpaired) electrons. The fourth-order valence-electron chi connectivity index (χ4n) is 3.82. The number of hydrogen-bond acceptors (Lipinski definition) is 4. The molecule has 0 spiro atoms. The molecule has 1 fully saturated rings. The molecule has 0 aliphatic carbocycles. The Morgan fingerprint density at radius 3 is 2.62 bits per heavy atom. The predicted molar refractivity (Wildman–Crippen MR) is 106 cm³/mol. The molecule has 1 N–H and O–H groups in total. The summed E-state index contributed by atoms with van der Waals surface area (Å²) in [6.07, 6.45) is 2.67. The van der Waals surface area contributed by atoms with Gasteiger partial charge in [-0.25, -0.2) is 9.18 Å². The molecule has 3 rings (SSSR count). The second-order valence-electron chi connectivity index (χ2n) is 7.25. The molecule has 1 amide bonds. The van der Waals surface area contributed by atoms with Crippen molar-refractivity contribution >= 4 is 17.7 Å². The summed E-state index contributed by atoms with van der Waals surface area (Å²) in [5.74, 6) is -2.69. The maximum absolute atomic E-state index is 14.6. The number of nitrogens with zero attached hydrogens (tertiary/aromatic N) is 1. The van der Waals surface area contributed by atoms with Gasteiger partial charge in [-0.15, -0.1) is 0 Å². The summed E-state index contributed by atoms with van der Waals surface area (Å²) in [5, 5.41) is 0. The van der Waals surface area contributed by atoms with Crippen LogP contribution >= 0.6 is 0 Å². The molecule has 6 nitrogen and oxygen atoms in total. The number of Topliss-reactive ketones (excluding diaryl/α,β-unsaturated/α-hetero) is 1. The molecule has 1 atom stereocenters. The fourth-order valence-corrected chi connectivity index (χ4v) is 3.82. The van der Waals surface area contributed by atoms with E-state index in [1.807, 2.05) is 6.92 Å². The maximum Gasteiger partial charge on any atom is 0.340 e. The molecule has 0 saturated carbocycles. The van der Waals surface area contributed by atoms with E-state index < -0.39 is 23.5 Å². The van der Waals surface area contributed by atoms with E-state index in [9.17, 15) is 18.8 Å². The van der Waals surface area contributed by atoms with Gasteiger partial charge in [-0.2, -0.15) is 0 Å². The fraction of sp³-hybridized carbons (Fsp3) is 0.409. The molecule has 0 unspecified atom stereocenters. The van der Waals surface area contributed by atoms with E-state index in [4.69, 9.17) is 4.74 Å². The van der Waals surface area contributed by atoms with Gasteiger partial charge in [0, 0.05) is 29.4 Å². The first-order valence-corrected chi connectivity index (χ1v) is 9.86. The molecular formula is C22H25FN2O4. The van der Waals surface area contributed by atoms with E-state index >= 15 is 0 Å². The maximum atomic E-state index is 14.6. The summed E-state index contributed by atoms with van der Waals surface area (Å²) < 4.78 is 19.7. The average molecular weight is 400 g/mol. The highest BCUT2D eigenvalue weighted by atomic mass is 19.1. The van der Waals surface area contributed by atoms with Crippen LogP contribution in [0.1, 0.15) is 59.7 Å². The molecule has 1 aromatic heterocycles. The zero-order valence-electron chi connectivity index (χ0n) is 16.9. The van der Waals surface area contributed by atoms with Gasteiger partial charge < -0.3 is 14.6 Å². The number of esters is 1. The summed E-state index contributed by atoms with van der Waals surface area (Å²) in [4.78, 5) is 43.0. The van der Waals surface area contributed by atoms with Crippen LogP contribution in [0.2, 0.25) is 0 Å². The van der Waals surface area contributed by atoms with Gasteiger partial charge in [0.1, 0.15) is 11.5 Å². The van der Waals surface area contributed by atoms with Crippen molar-refractivity contribution in [2.24, 2.45) is 0 Å². The summed E-state index contributed by atoms with van der Waals surface area (Å²) in [5.41, 5.74) is 0.479. The quantitative estimate of drug-likeness (QED) is 0.469. The Bertz CT molecular complexity index is 950. The number of H-pyrrole nitrogens is 1. The topological polar surface area (TPSA) is 79.5 Å². The monoisotopic (exact) mass is 400 g/mol. The number of rotatable bonds is 5. The van der Waals surface area contributed by atoms with Crippen LogP contribution in [-0.2, 0) is 9.53 Å². The van der Waals surface area contributed by atoms with Gasteiger partial charge in [0.15, 0.2) is 0 Å². The van der Waals surface area contributed by atoms with Gasteiger partial charge in [0.25, 0.3) is 11.7 Å². The summed E-state index contributed by atoms with van der Waals surface area (Å²) >= 11 is 0. The SMILES string of the molecule is CCOC(=O)c1c(C)[nH]c(C(=O)C(=O)N2CCCC[C@H]2C)c1-c1ccccc1F. The minimum atomic E-state index is -0.782. The van der Waals surface area contributed by atoms with E-state index in [0.29, 0.717) is 12.2 Å². The molecule has 2 aromatic rings. The van der Waals surface area contributed by atoms with E-state index in [2.05, 4.69) is 4.98 Å². The van der Waals surface area contributed by atoms with Crippen molar-refractivity contribution in [3.8, 4) is 11.1 Å². The lowest BCUT2D eigenvalue weighted by atomic mass is 9.97. The van der Waals surface area contributed by atoms with Gasteiger partial charge >= 0.3 is 5.97 Å². The Hall–Kier alpha value is -2.96. The number of likely N-dealkylation sites (tertiary alicyclic amines) is 1. The average Bonchev–Trinajstić information content (AvgIpc) is 3.04. The molecule has 29 heavy (non-hydrogen) atoms. The van der Waals surface area contributed by atoms with Crippen LogP contribution in [0, 0.1) is 12.7 Å². The third-order valence-electron chi connectivity index (χ3n) is 5.30. The molecule has 0 bridgehead atoms. The van der Waals surface area contributed by atoms with Crippen LogP contribution in [0.15, 0.2) is 24.3 Å². The number of carbonyl (C=O) groups excluding carboxylic acids is 3. The van der Waals surface area contributed by atoms with Crippen LogP contribution in [0.3, 0.4) is 0 Å².